The number of nitrogens with one attached hydrogen (secondary N) is 2. The number of piperazine rings is 1. The zero-order valence-corrected chi connectivity index (χ0v) is 10.4. The van der Waals surface area contributed by atoms with Crippen LogP contribution >= 0.6 is 0 Å². The highest BCUT2D eigenvalue weighted by atomic mass is 16.1. The smallest absolute Gasteiger partial charge is 0.272 e. The van der Waals surface area contributed by atoms with Gasteiger partial charge >= 0.3 is 0 Å². The minimum absolute atomic E-state index is 0.0530. The SMILES string of the molecule is C[C@@H]1CNCCN1Cc1cc(=O)n2[nH]ccc2n1. The van der Waals surface area contributed by atoms with Gasteiger partial charge in [-0.3, -0.25) is 14.8 Å². The van der Waals surface area contributed by atoms with Crippen LogP contribution < -0.4 is 10.9 Å². The topological polar surface area (TPSA) is 65.4 Å². The van der Waals surface area contributed by atoms with E-state index in [9.17, 15) is 4.79 Å². The quantitative estimate of drug-likeness (QED) is 0.772. The Hall–Kier alpha value is -1.66. The molecule has 96 valence electrons. The van der Waals surface area contributed by atoms with Gasteiger partial charge in [0.2, 0.25) is 0 Å². The summed E-state index contributed by atoms with van der Waals surface area (Å²) in [5.41, 5.74) is 1.47. The Morgan fingerprint density at radius 2 is 2.44 bits per heavy atom. The molecule has 2 N–H and O–H groups in total. The molecule has 1 aliphatic rings. The molecule has 0 unspecified atom stereocenters. The first kappa shape index (κ1) is 11.4. The van der Waals surface area contributed by atoms with Crippen molar-refractivity contribution in [2.45, 2.75) is 19.5 Å². The van der Waals surface area contributed by atoms with E-state index in [-0.39, 0.29) is 5.56 Å². The van der Waals surface area contributed by atoms with Crippen LogP contribution in [0.2, 0.25) is 0 Å². The van der Waals surface area contributed by atoms with Crippen molar-refractivity contribution in [3.63, 3.8) is 0 Å². The van der Waals surface area contributed by atoms with E-state index in [1.165, 1.54) is 4.52 Å². The van der Waals surface area contributed by atoms with Crippen molar-refractivity contribution in [3.05, 3.63) is 34.4 Å². The van der Waals surface area contributed by atoms with Gasteiger partial charge in [0.15, 0.2) is 5.65 Å². The molecule has 3 heterocycles. The van der Waals surface area contributed by atoms with Crippen molar-refractivity contribution in [3.8, 4) is 0 Å². The molecule has 1 atom stereocenters. The molecule has 0 amide bonds. The Kier molecular flexibility index (Phi) is 2.89. The van der Waals surface area contributed by atoms with Crippen LogP contribution in [-0.2, 0) is 6.54 Å². The average Bonchev–Trinajstić information content (AvgIpc) is 2.81. The Morgan fingerprint density at radius 3 is 3.28 bits per heavy atom. The second-order valence-electron chi connectivity index (χ2n) is 4.77. The highest BCUT2D eigenvalue weighted by Gasteiger charge is 2.18. The summed E-state index contributed by atoms with van der Waals surface area (Å²) in [6, 6.07) is 3.90. The Morgan fingerprint density at radius 1 is 1.56 bits per heavy atom. The summed E-state index contributed by atoms with van der Waals surface area (Å²) in [6.45, 7) is 5.91. The van der Waals surface area contributed by atoms with Crippen molar-refractivity contribution in [2.24, 2.45) is 0 Å². The maximum atomic E-state index is 11.8. The summed E-state index contributed by atoms with van der Waals surface area (Å²) >= 11 is 0. The second-order valence-corrected chi connectivity index (χ2v) is 4.77. The van der Waals surface area contributed by atoms with Crippen LogP contribution in [0.15, 0.2) is 23.1 Å². The summed E-state index contributed by atoms with van der Waals surface area (Å²) in [7, 11) is 0. The molecule has 1 saturated heterocycles. The fourth-order valence-corrected chi connectivity index (χ4v) is 2.38. The molecule has 0 aromatic carbocycles. The van der Waals surface area contributed by atoms with E-state index >= 15 is 0 Å². The molecule has 0 bridgehead atoms. The Labute approximate surface area is 105 Å². The van der Waals surface area contributed by atoms with Crippen LogP contribution in [0.5, 0.6) is 0 Å². The molecule has 2 aromatic rings. The first-order chi connectivity index (χ1) is 8.74. The molecule has 3 rings (SSSR count). The molecule has 6 nitrogen and oxygen atoms in total. The van der Waals surface area contributed by atoms with Crippen molar-refractivity contribution in [1.82, 2.24) is 24.8 Å². The highest BCUT2D eigenvalue weighted by molar-refractivity contribution is 5.36. The molecule has 0 aliphatic carbocycles. The van der Waals surface area contributed by atoms with Crippen LogP contribution in [0.4, 0.5) is 0 Å². The maximum Gasteiger partial charge on any atom is 0.272 e. The van der Waals surface area contributed by atoms with Gasteiger partial charge in [0.25, 0.3) is 5.56 Å². The molecule has 0 radical (unpaired) electrons. The number of hydrogen-bond acceptors (Lipinski definition) is 4. The van der Waals surface area contributed by atoms with Gasteiger partial charge < -0.3 is 5.32 Å². The van der Waals surface area contributed by atoms with Crippen molar-refractivity contribution in [2.75, 3.05) is 19.6 Å². The molecule has 1 fully saturated rings. The summed E-state index contributed by atoms with van der Waals surface area (Å²) in [4.78, 5) is 18.7. The molecule has 1 aliphatic heterocycles. The third kappa shape index (κ3) is 2.04. The lowest BCUT2D eigenvalue weighted by molar-refractivity contribution is 0.164. The second kappa shape index (κ2) is 4.55. The van der Waals surface area contributed by atoms with Crippen molar-refractivity contribution < 1.29 is 0 Å². The van der Waals surface area contributed by atoms with Gasteiger partial charge in [-0.2, -0.15) is 0 Å². The fraction of sp³-hybridized carbons (Fsp3) is 0.500. The molecular formula is C12H17N5O. The average molecular weight is 247 g/mol. The lowest BCUT2D eigenvalue weighted by Gasteiger charge is -2.33. The zero-order chi connectivity index (χ0) is 12.5. The maximum absolute atomic E-state index is 11.8. The Bertz CT molecular complexity index is 602. The highest BCUT2D eigenvalue weighted by Crippen LogP contribution is 2.08. The summed E-state index contributed by atoms with van der Waals surface area (Å²) in [5.74, 6) is 0. The van der Waals surface area contributed by atoms with E-state index in [1.54, 1.807) is 12.3 Å². The lowest BCUT2D eigenvalue weighted by Crippen LogP contribution is -2.49. The first-order valence-electron chi connectivity index (χ1n) is 6.25. The monoisotopic (exact) mass is 247 g/mol. The van der Waals surface area contributed by atoms with Crippen LogP contribution in [0, 0.1) is 0 Å². The summed E-state index contributed by atoms with van der Waals surface area (Å²) in [6.07, 6.45) is 1.72. The molecule has 6 heteroatoms. The molecular weight excluding hydrogens is 230 g/mol. The van der Waals surface area contributed by atoms with Gasteiger partial charge in [-0.15, -0.1) is 0 Å². The van der Waals surface area contributed by atoms with Gasteiger partial charge in [-0.05, 0) is 6.92 Å². The van der Waals surface area contributed by atoms with E-state index in [4.69, 9.17) is 0 Å². The number of H-pyrrole nitrogens is 1. The summed E-state index contributed by atoms with van der Waals surface area (Å²) < 4.78 is 1.45. The van der Waals surface area contributed by atoms with E-state index in [2.05, 4.69) is 27.2 Å². The number of nitrogens with zero attached hydrogens (tertiary/aromatic N) is 3. The van der Waals surface area contributed by atoms with Crippen molar-refractivity contribution in [1.29, 1.82) is 0 Å². The normalized spacial score (nSPS) is 21.5. The van der Waals surface area contributed by atoms with Crippen LogP contribution in [0.25, 0.3) is 5.65 Å². The molecule has 18 heavy (non-hydrogen) atoms. The number of hydrogen-bond donors (Lipinski definition) is 2. The van der Waals surface area contributed by atoms with Crippen molar-refractivity contribution >= 4 is 5.65 Å². The first-order valence-corrected chi connectivity index (χ1v) is 6.25. The Balaban J connectivity index is 1.87. The molecule has 0 spiro atoms. The van der Waals surface area contributed by atoms with Gasteiger partial charge in [-0.25, -0.2) is 9.50 Å². The summed E-state index contributed by atoms with van der Waals surface area (Å²) in [5, 5.41) is 6.20. The third-order valence-electron chi connectivity index (χ3n) is 3.44. The predicted molar refractivity (Wildman–Crippen MR) is 68.6 cm³/mol. The van der Waals surface area contributed by atoms with Crippen LogP contribution in [-0.4, -0.2) is 45.2 Å². The minimum Gasteiger partial charge on any atom is -0.314 e. The van der Waals surface area contributed by atoms with Gasteiger partial charge in [0, 0.05) is 50.6 Å². The van der Waals surface area contributed by atoms with Gasteiger partial charge in [0.1, 0.15) is 0 Å². The third-order valence-corrected chi connectivity index (χ3v) is 3.44. The van der Waals surface area contributed by atoms with Gasteiger partial charge in [-0.1, -0.05) is 0 Å². The van der Waals surface area contributed by atoms with E-state index in [0.717, 1.165) is 31.9 Å². The number of fused-ring (bicyclic) bond motifs is 1. The van der Waals surface area contributed by atoms with E-state index < -0.39 is 0 Å². The zero-order valence-electron chi connectivity index (χ0n) is 10.4. The number of aromatic amines is 1. The predicted octanol–water partition coefficient (Wildman–Crippen LogP) is -0.184. The minimum atomic E-state index is -0.0530. The van der Waals surface area contributed by atoms with E-state index in [1.807, 2.05) is 6.07 Å². The van der Waals surface area contributed by atoms with Crippen LogP contribution in [0.1, 0.15) is 12.6 Å². The fourth-order valence-electron chi connectivity index (χ4n) is 2.38. The number of aromatic nitrogens is 3. The standard InChI is InChI=1S/C12H17N5O/c1-9-7-13-4-5-16(9)8-10-6-12(18)17-11(15-10)2-3-14-17/h2-3,6,9,13-14H,4-5,7-8H2,1H3/t9-/m1/s1. The molecule has 2 aromatic heterocycles. The van der Waals surface area contributed by atoms with Gasteiger partial charge in [0.05, 0.1) is 5.69 Å². The van der Waals surface area contributed by atoms with Crippen LogP contribution in [0.3, 0.4) is 0 Å². The number of rotatable bonds is 2. The largest absolute Gasteiger partial charge is 0.314 e. The molecule has 0 saturated carbocycles. The van der Waals surface area contributed by atoms with E-state index in [0.29, 0.717) is 11.7 Å². The lowest BCUT2D eigenvalue weighted by atomic mass is 10.2.